The van der Waals surface area contributed by atoms with Gasteiger partial charge in [-0.2, -0.15) is 0 Å². The van der Waals surface area contributed by atoms with E-state index in [1.165, 1.54) is 0 Å². The molecule has 1 fully saturated rings. The molecule has 33 heavy (non-hydrogen) atoms. The smallest absolute Gasteiger partial charge is 0.231 e. The van der Waals surface area contributed by atoms with Gasteiger partial charge in [0.2, 0.25) is 5.78 Å². The van der Waals surface area contributed by atoms with Crippen molar-refractivity contribution < 1.29 is 19.0 Å². The largest absolute Gasteiger partial charge is 0.478 e. The van der Waals surface area contributed by atoms with Crippen LogP contribution in [0.25, 0.3) is 6.08 Å². The van der Waals surface area contributed by atoms with Crippen molar-refractivity contribution >= 4 is 17.5 Å². The number of ether oxygens (including phenoxy) is 3. The van der Waals surface area contributed by atoms with Gasteiger partial charge in [0.1, 0.15) is 18.2 Å². The number of hydrogen-bond donors (Lipinski definition) is 0. The number of allylic oxidation sites excluding steroid dienone is 1. The zero-order valence-corrected chi connectivity index (χ0v) is 19.4. The lowest BCUT2D eigenvalue weighted by Gasteiger charge is -2.31. The fourth-order valence-electron chi connectivity index (χ4n) is 4.51. The van der Waals surface area contributed by atoms with Gasteiger partial charge >= 0.3 is 0 Å². The summed E-state index contributed by atoms with van der Waals surface area (Å²) in [6.45, 7) is 6.96. The molecule has 0 unspecified atom stereocenters. The van der Waals surface area contributed by atoms with Crippen LogP contribution in [0.2, 0.25) is 0 Å². The minimum atomic E-state index is -0.0751. The Bertz CT molecular complexity index is 1040. The Morgan fingerprint density at radius 1 is 1.00 bits per heavy atom. The summed E-state index contributed by atoms with van der Waals surface area (Å²) in [5.74, 6) is 1.74. The lowest BCUT2D eigenvalue weighted by Crippen LogP contribution is -2.39. The maximum atomic E-state index is 13.0. The highest BCUT2D eigenvalue weighted by atomic mass is 16.5. The van der Waals surface area contributed by atoms with E-state index in [2.05, 4.69) is 9.80 Å². The van der Waals surface area contributed by atoms with Crippen molar-refractivity contribution in [1.29, 1.82) is 0 Å². The third-order valence-electron chi connectivity index (χ3n) is 6.44. The molecule has 7 nitrogen and oxygen atoms in total. The van der Waals surface area contributed by atoms with Crippen LogP contribution in [0.3, 0.4) is 0 Å². The first-order chi connectivity index (χ1) is 16.1. The fraction of sp³-hybridized carbons (Fsp3) is 0.423. The molecule has 0 aliphatic carbocycles. The van der Waals surface area contributed by atoms with E-state index in [1.54, 1.807) is 0 Å². The molecule has 0 bridgehead atoms. The van der Waals surface area contributed by atoms with Gasteiger partial charge in [-0.05, 0) is 48.9 Å². The Morgan fingerprint density at radius 3 is 2.52 bits per heavy atom. The van der Waals surface area contributed by atoms with E-state index < -0.39 is 0 Å². The summed E-state index contributed by atoms with van der Waals surface area (Å²) in [5, 5.41) is 0. The summed E-state index contributed by atoms with van der Waals surface area (Å²) >= 11 is 0. The standard InChI is InChI=1S/C26H31N3O4/c1-27(2)20-6-4-19(5-7-20)16-24-25(30)21-8-9-23-22(26(21)33-24)17-29(18-32-23)11-3-10-28-12-14-31-15-13-28/h4-9,16H,3,10-15,17-18H2,1-2H3/b24-16-. The average molecular weight is 450 g/mol. The van der Waals surface area contributed by atoms with Crippen molar-refractivity contribution in [2.75, 3.05) is 65.1 Å². The molecule has 0 aromatic heterocycles. The van der Waals surface area contributed by atoms with Gasteiger partial charge in [0.15, 0.2) is 5.76 Å². The van der Waals surface area contributed by atoms with Gasteiger partial charge < -0.3 is 19.1 Å². The fourth-order valence-corrected chi connectivity index (χ4v) is 4.51. The maximum Gasteiger partial charge on any atom is 0.231 e. The molecule has 0 atom stereocenters. The van der Waals surface area contributed by atoms with Crippen LogP contribution in [0.1, 0.15) is 27.9 Å². The zero-order chi connectivity index (χ0) is 22.8. The Balaban J connectivity index is 1.27. The molecule has 0 radical (unpaired) electrons. The molecular weight excluding hydrogens is 418 g/mol. The highest BCUT2D eigenvalue weighted by molar-refractivity contribution is 6.15. The number of Topliss-reactive ketones (excluding diaryl/α,β-unsaturated/α-hetero) is 1. The Labute approximate surface area is 195 Å². The monoisotopic (exact) mass is 449 g/mol. The summed E-state index contributed by atoms with van der Waals surface area (Å²) < 4.78 is 17.6. The summed E-state index contributed by atoms with van der Waals surface area (Å²) in [4.78, 5) is 19.8. The summed E-state index contributed by atoms with van der Waals surface area (Å²) in [5.41, 5.74) is 3.62. The topological polar surface area (TPSA) is 54.5 Å². The SMILES string of the molecule is CN(C)c1ccc(/C=C2\Oc3c(ccc4c3CN(CCCN3CCOCC3)CO4)C2=O)cc1. The number of fused-ring (bicyclic) bond motifs is 3. The second-order valence-electron chi connectivity index (χ2n) is 8.98. The first kappa shape index (κ1) is 21.9. The lowest BCUT2D eigenvalue weighted by molar-refractivity contribution is 0.0329. The normalized spacial score (nSPS) is 19.7. The molecule has 0 spiro atoms. The number of rotatable bonds is 6. The molecule has 0 N–H and O–H groups in total. The third-order valence-corrected chi connectivity index (χ3v) is 6.44. The Morgan fingerprint density at radius 2 is 1.76 bits per heavy atom. The van der Waals surface area contributed by atoms with Gasteiger partial charge in [0.25, 0.3) is 0 Å². The number of hydrogen-bond acceptors (Lipinski definition) is 7. The number of carbonyl (C=O) groups excluding carboxylic acids is 1. The maximum absolute atomic E-state index is 13.0. The molecule has 3 aliphatic rings. The van der Waals surface area contributed by atoms with Gasteiger partial charge in [-0.3, -0.25) is 14.6 Å². The molecule has 3 aliphatic heterocycles. The molecule has 3 heterocycles. The number of anilines is 1. The van der Waals surface area contributed by atoms with Crippen LogP contribution in [0.5, 0.6) is 11.5 Å². The molecule has 2 aromatic rings. The van der Waals surface area contributed by atoms with Crippen LogP contribution < -0.4 is 14.4 Å². The quantitative estimate of drug-likeness (QED) is 0.628. The van der Waals surface area contributed by atoms with Crippen molar-refractivity contribution in [3.63, 3.8) is 0 Å². The summed E-state index contributed by atoms with van der Waals surface area (Å²) in [6.07, 6.45) is 2.89. The van der Waals surface area contributed by atoms with Crippen molar-refractivity contribution in [1.82, 2.24) is 9.80 Å². The predicted molar refractivity (Wildman–Crippen MR) is 128 cm³/mol. The van der Waals surface area contributed by atoms with E-state index in [0.717, 1.165) is 74.9 Å². The molecule has 1 saturated heterocycles. The molecule has 2 aromatic carbocycles. The second-order valence-corrected chi connectivity index (χ2v) is 8.98. The number of ketones is 1. The summed E-state index contributed by atoms with van der Waals surface area (Å²) in [6, 6.07) is 11.8. The first-order valence-electron chi connectivity index (χ1n) is 11.6. The van der Waals surface area contributed by atoms with Crippen LogP contribution >= 0.6 is 0 Å². The van der Waals surface area contributed by atoms with E-state index in [9.17, 15) is 4.79 Å². The number of morpholine rings is 1. The van der Waals surface area contributed by atoms with Crippen molar-refractivity contribution in [2.24, 2.45) is 0 Å². The lowest BCUT2D eigenvalue weighted by atomic mass is 10.0. The number of nitrogens with zero attached hydrogens (tertiary/aromatic N) is 3. The molecule has 7 heteroatoms. The van der Waals surface area contributed by atoms with Crippen molar-refractivity contribution in [2.45, 2.75) is 13.0 Å². The van der Waals surface area contributed by atoms with Crippen LogP contribution in [0, 0.1) is 0 Å². The molecule has 5 rings (SSSR count). The highest BCUT2D eigenvalue weighted by Crippen LogP contribution is 2.42. The Hall–Kier alpha value is -2.87. The number of carbonyl (C=O) groups is 1. The number of benzene rings is 2. The molecule has 0 saturated carbocycles. The van der Waals surface area contributed by atoms with Gasteiger partial charge in [0.05, 0.1) is 24.3 Å². The van der Waals surface area contributed by atoms with Crippen LogP contribution in [-0.2, 0) is 11.3 Å². The molecule has 174 valence electrons. The van der Waals surface area contributed by atoms with E-state index >= 15 is 0 Å². The van der Waals surface area contributed by atoms with Crippen molar-refractivity contribution in [3.8, 4) is 11.5 Å². The minimum Gasteiger partial charge on any atom is -0.478 e. The van der Waals surface area contributed by atoms with E-state index in [-0.39, 0.29) is 5.78 Å². The van der Waals surface area contributed by atoms with Crippen LogP contribution in [0.4, 0.5) is 5.69 Å². The van der Waals surface area contributed by atoms with Crippen LogP contribution in [0.15, 0.2) is 42.2 Å². The first-order valence-corrected chi connectivity index (χ1v) is 11.6. The molecular formula is C26H31N3O4. The van der Waals surface area contributed by atoms with Gasteiger partial charge in [-0.15, -0.1) is 0 Å². The van der Waals surface area contributed by atoms with Gasteiger partial charge in [-0.25, -0.2) is 0 Å². The van der Waals surface area contributed by atoms with Gasteiger partial charge in [-0.1, -0.05) is 12.1 Å². The Kier molecular flexibility index (Phi) is 6.35. The highest BCUT2D eigenvalue weighted by Gasteiger charge is 2.33. The average Bonchev–Trinajstić information content (AvgIpc) is 3.15. The van der Waals surface area contributed by atoms with E-state index in [0.29, 0.717) is 23.8 Å². The zero-order valence-electron chi connectivity index (χ0n) is 19.4. The second kappa shape index (κ2) is 9.55. The summed E-state index contributed by atoms with van der Waals surface area (Å²) in [7, 11) is 4.01. The van der Waals surface area contributed by atoms with Crippen molar-refractivity contribution in [3.05, 3.63) is 58.8 Å². The van der Waals surface area contributed by atoms with E-state index in [1.807, 2.05) is 61.5 Å². The van der Waals surface area contributed by atoms with E-state index in [4.69, 9.17) is 14.2 Å². The third kappa shape index (κ3) is 4.76. The van der Waals surface area contributed by atoms with Crippen LogP contribution in [-0.4, -0.2) is 75.8 Å². The van der Waals surface area contributed by atoms with Gasteiger partial charge in [0, 0.05) is 46.0 Å². The molecule has 0 amide bonds. The predicted octanol–water partition coefficient (Wildman–Crippen LogP) is 3.24. The minimum absolute atomic E-state index is 0.0751.